The van der Waals surface area contributed by atoms with Crippen molar-refractivity contribution in [2.45, 2.75) is 6.55 Å². The van der Waals surface area contributed by atoms with Gasteiger partial charge in [-0.1, -0.05) is 6.07 Å². The summed E-state index contributed by atoms with van der Waals surface area (Å²) in [5.74, 6) is -0.220. The van der Waals surface area contributed by atoms with Crippen LogP contribution in [0.15, 0.2) is 55.2 Å². The van der Waals surface area contributed by atoms with Crippen LogP contribution in [0.25, 0.3) is 33.5 Å². The van der Waals surface area contributed by atoms with Crippen LogP contribution in [0.5, 0.6) is 0 Å². The molecule has 5 aromatic rings. The van der Waals surface area contributed by atoms with E-state index in [-0.39, 0.29) is 11.6 Å². The maximum absolute atomic E-state index is 12.8. The van der Waals surface area contributed by atoms with Gasteiger partial charge in [-0.3, -0.25) is 10.1 Å². The van der Waals surface area contributed by atoms with Crippen LogP contribution < -0.4 is 5.32 Å². The van der Waals surface area contributed by atoms with Gasteiger partial charge in [0.2, 0.25) is 5.95 Å². The van der Waals surface area contributed by atoms with E-state index in [1.165, 1.54) is 18.7 Å². The third-order valence-corrected chi connectivity index (χ3v) is 4.51. The Hall–Kier alpha value is -4.48. The Labute approximate surface area is 172 Å². The van der Waals surface area contributed by atoms with Gasteiger partial charge in [-0.25, -0.2) is 14.6 Å². The highest BCUT2D eigenvalue weighted by Crippen LogP contribution is 2.27. The molecule has 0 aliphatic rings. The largest absolute Gasteiger partial charge is 0.339 e. The van der Waals surface area contributed by atoms with Crippen molar-refractivity contribution in [2.24, 2.45) is 0 Å². The van der Waals surface area contributed by atoms with Crippen molar-refractivity contribution in [1.82, 2.24) is 39.9 Å². The first kappa shape index (κ1) is 18.5. The molecule has 5 heterocycles. The highest BCUT2D eigenvalue weighted by Gasteiger charge is 2.14. The average molecular weight is 421 g/mol. The predicted molar refractivity (Wildman–Crippen MR) is 106 cm³/mol. The van der Waals surface area contributed by atoms with E-state index >= 15 is 0 Å². The number of nitrogens with zero attached hydrogens (tertiary/aromatic N) is 6. The van der Waals surface area contributed by atoms with Crippen LogP contribution in [-0.4, -0.2) is 45.8 Å². The average Bonchev–Trinajstić information content (AvgIpc) is 3.53. The monoisotopic (exact) mass is 421 g/mol. The van der Waals surface area contributed by atoms with E-state index in [4.69, 9.17) is 0 Å². The first-order chi connectivity index (χ1) is 15.1. The molecule has 0 saturated carbocycles. The van der Waals surface area contributed by atoms with Crippen LogP contribution in [0.1, 0.15) is 17.0 Å². The third kappa shape index (κ3) is 3.61. The van der Waals surface area contributed by atoms with Crippen molar-refractivity contribution in [1.29, 1.82) is 0 Å². The Morgan fingerprint density at radius 1 is 1.16 bits per heavy atom. The van der Waals surface area contributed by atoms with Gasteiger partial charge in [0.15, 0.2) is 0 Å². The smallest absolute Gasteiger partial charge is 0.333 e. The highest BCUT2D eigenvalue weighted by atomic mass is 19.3. The molecular formula is C19H13F2N9O. The maximum atomic E-state index is 12.8. The number of carbonyl (C=O) groups excluding carboxylic acids is 1. The van der Waals surface area contributed by atoms with Crippen LogP contribution in [0.3, 0.4) is 0 Å². The van der Waals surface area contributed by atoms with Gasteiger partial charge >= 0.3 is 6.55 Å². The van der Waals surface area contributed by atoms with Crippen molar-refractivity contribution in [3.8, 4) is 22.5 Å². The molecule has 10 nitrogen and oxygen atoms in total. The van der Waals surface area contributed by atoms with Crippen LogP contribution in [-0.2, 0) is 0 Å². The number of anilines is 1. The number of H-pyrrole nitrogens is 2. The third-order valence-electron chi connectivity index (χ3n) is 4.51. The molecule has 0 spiro atoms. The summed E-state index contributed by atoms with van der Waals surface area (Å²) in [4.78, 5) is 26.9. The number of alkyl halides is 2. The maximum Gasteiger partial charge on any atom is 0.333 e. The van der Waals surface area contributed by atoms with Gasteiger partial charge < -0.3 is 9.97 Å². The lowest BCUT2D eigenvalue weighted by molar-refractivity contribution is 0.0566. The summed E-state index contributed by atoms with van der Waals surface area (Å²) in [6.45, 7) is -2.71. The van der Waals surface area contributed by atoms with Crippen LogP contribution in [0, 0.1) is 0 Å². The molecular weight excluding hydrogens is 408 g/mol. The number of pyridine rings is 2. The Morgan fingerprint density at radius 2 is 2.06 bits per heavy atom. The molecule has 3 N–H and O–H groups in total. The SMILES string of the molecule is O=C(Nc1nnc[nH]1)c1cccc(-c2cnc3[nH]c(-c4cnn(C(F)F)c4)cc3c2)n1. The van der Waals surface area contributed by atoms with Crippen molar-refractivity contribution in [2.75, 3.05) is 5.32 Å². The number of hydrogen-bond donors (Lipinski definition) is 3. The van der Waals surface area contributed by atoms with Gasteiger partial charge in [0.25, 0.3) is 5.91 Å². The summed E-state index contributed by atoms with van der Waals surface area (Å²) in [6, 6.07) is 8.69. The molecule has 0 aliphatic carbocycles. The lowest BCUT2D eigenvalue weighted by Gasteiger charge is -2.04. The minimum Gasteiger partial charge on any atom is -0.339 e. The van der Waals surface area contributed by atoms with Crippen molar-refractivity contribution in [3.63, 3.8) is 0 Å². The van der Waals surface area contributed by atoms with Crippen molar-refractivity contribution in [3.05, 3.63) is 60.9 Å². The quantitative estimate of drug-likeness (QED) is 0.399. The Kier molecular flexibility index (Phi) is 4.43. The molecule has 0 aliphatic heterocycles. The number of nitrogens with one attached hydrogen (secondary N) is 3. The molecule has 1 amide bonds. The molecule has 0 atom stereocenters. The summed E-state index contributed by atoms with van der Waals surface area (Å²) >= 11 is 0. The number of aromatic amines is 2. The summed E-state index contributed by atoms with van der Waals surface area (Å²) < 4.78 is 26.1. The number of rotatable bonds is 5. The van der Waals surface area contributed by atoms with E-state index in [1.54, 1.807) is 30.5 Å². The van der Waals surface area contributed by atoms with Gasteiger partial charge in [0.05, 0.1) is 17.6 Å². The van der Waals surface area contributed by atoms with Gasteiger partial charge in [-0.2, -0.15) is 13.9 Å². The van der Waals surface area contributed by atoms with Gasteiger partial charge in [0, 0.05) is 28.9 Å². The zero-order valence-corrected chi connectivity index (χ0v) is 15.6. The number of halogens is 2. The number of hydrogen-bond acceptors (Lipinski definition) is 6. The fourth-order valence-corrected chi connectivity index (χ4v) is 3.05. The number of fused-ring (bicyclic) bond motifs is 1. The highest BCUT2D eigenvalue weighted by molar-refractivity contribution is 6.02. The lowest BCUT2D eigenvalue weighted by atomic mass is 10.1. The van der Waals surface area contributed by atoms with E-state index in [0.717, 1.165) is 5.39 Å². The van der Waals surface area contributed by atoms with Crippen molar-refractivity contribution >= 4 is 22.9 Å². The van der Waals surface area contributed by atoms with E-state index in [1.807, 2.05) is 6.07 Å². The van der Waals surface area contributed by atoms with E-state index in [9.17, 15) is 13.6 Å². The second-order valence-corrected chi connectivity index (χ2v) is 6.53. The van der Waals surface area contributed by atoms with Gasteiger partial charge in [0.1, 0.15) is 17.7 Å². The minimum absolute atomic E-state index is 0.197. The Balaban J connectivity index is 1.44. The number of aromatic nitrogens is 8. The molecule has 0 fully saturated rings. The number of carbonyl (C=O) groups is 1. The predicted octanol–water partition coefficient (Wildman–Crippen LogP) is 3.25. The molecule has 5 aromatic heterocycles. The Bertz CT molecular complexity index is 1370. The summed E-state index contributed by atoms with van der Waals surface area (Å²) in [5.41, 5.74) is 3.15. The fourth-order valence-electron chi connectivity index (χ4n) is 3.05. The topological polar surface area (TPSA) is 130 Å². The standard InChI is InChI=1S/C19H13F2N9O/c20-18(21)30-8-12(7-25-30)15-5-10-4-11(6-22-16(10)27-15)13-2-1-3-14(26-13)17(31)28-19-23-9-24-29-19/h1-9,18H,(H,22,27)(H2,23,24,28,29,31). The first-order valence-electron chi connectivity index (χ1n) is 9.03. The van der Waals surface area contributed by atoms with E-state index < -0.39 is 12.5 Å². The fraction of sp³-hybridized carbons (Fsp3) is 0.0526. The second kappa shape index (κ2) is 7.40. The molecule has 0 radical (unpaired) electrons. The Morgan fingerprint density at radius 3 is 2.84 bits per heavy atom. The van der Waals surface area contributed by atoms with Gasteiger partial charge in [-0.05, 0) is 24.3 Å². The van der Waals surface area contributed by atoms with E-state index in [0.29, 0.717) is 32.8 Å². The van der Waals surface area contributed by atoms with E-state index in [2.05, 4.69) is 40.5 Å². The van der Waals surface area contributed by atoms with Crippen molar-refractivity contribution < 1.29 is 13.6 Å². The molecule has 0 aromatic carbocycles. The number of amides is 1. The normalized spacial score (nSPS) is 11.3. The molecule has 5 rings (SSSR count). The molecule has 0 unspecified atom stereocenters. The molecule has 154 valence electrons. The summed E-state index contributed by atoms with van der Waals surface area (Å²) in [7, 11) is 0. The zero-order chi connectivity index (χ0) is 21.4. The van der Waals surface area contributed by atoms with Crippen LogP contribution in [0.2, 0.25) is 0 Å². The first-order valence-corrected chi connectivity index (χ1v) is 9.03. The summed E-state index contributed by atoms with van der Waals surface area (Å²) in [5, 5.41) is 14.3. The minimum atomic E-state index is -2.71. The molecule has 31 heavy (non-hydrogen) atoms. The summed E-state index contributed by atoms with van der Waals surface area (Å²) in [6.07, 6.45) is 5.58. The van der Waals surface area contributed by atoms with Crippen LogP contribution in [0.4, 0.5) is 14.7 Å². The zero-order valence-electron chi connectivity index (χ0n) is 15.6. The molecule has 12 heteroatoms. The lowest BCUT2D eigenvalue weighted by Crippen LogP contribution is -2.14. The van der Waals surface area contributed by atoms with Crippen LogP contribution >= 0.6 is 0 Å². The second-order valence-electron chi connectivity index (χ2n) is 6.53. The molecule has 0 bridgehead atoms. The van der Waals surface area contributed by atoms with Gasteiger partial charge in [-0.15, -0.1) is 10.2 Å². The molecule has 0 saturated heterocycles.